The van der Waals surface area contributed by atoms with Gasteiger partial charge in [-0.3, -0.25) is 9.48 Å². The molecule has 1 aromatic heterocycles. The van der Waals surface area contributed by atoms with Crippen LogP contribution in [0.2, 0.25) is 0 Å². The number of carbonyl (C=O) groups excluding carboxylic acids is 1. The van der Waals surface area contributed by atoms with Crippen LogP contribution in [0.5, 0.6) is 0 Å². The fourth-order valence-electron chi connectivity index (χ4n) is 2.86. The molecule has 26 heavy (non-hydrogen) atoms. The van der Waals surface area contributed by atoms with E-state index in [1.807, 2.05) is 76.9 Å². The second-order valence-corrected chi connectivity index (χ2v) is 8.78. The van der Waals surface area contributed by atoms with Gasteiger partial charge in [-0.1, -0.05) is 24.3 Å². The average Bonchev–Trinajstić information content (AvgIpc) is 3.37. The molecule has 0 aliphatic carbocycles. The zero-order valence-corrected chi connectivity index (χ0v) is 15.8. The molecule has 4 rings (SSSR count). The highest BCUT2D eigenvalue weighted by molar-refractivity contribution is 8.19. The molecule has 2 heterocycles. The molecule has 0 atom stereocenters. The molecule has 0 bridgehead atoms. The molecule has 2 aromatic carbocycles. The normalized spacial score (nSPS) is 14.5. The molecule has 1 amide bonds. The van der Waals surface area contributed by atoms with Gasteiger partial charge in [0.1, 0.15) is 0 Å². The molecule has 6 heteroatoms. The van der Waals surface area contributed by atoms with Crippen molar-refractivity contribution in [2.75, 3.05) is 16.8 Å². The van der Waals surface area contributed by atoms with Crippen molar-refractivity contribution < 1.29 is 4.79 Å². The lowest BCUT2D eigenvalue weighted by Gasteiger charge is -2.11. The fraction of sp³-hybridized carbons (Fsp3) is 0.200. The Morgan fingerprint density at radius 3 is 2.65 bits per heavy atom. The van der Waals surface area contributed by atoms with E-state index in [0.717, 1.165) is 11.3 Å². The van der Waals surface area contributed by atoms with Crippen molar-refractivity contribution in [1.29, 1.82) is 0 Å². The minimum Gasteiger partial charge on any atom is -0.322 e. The van der Waals surface area contributed by atoms with Crippen LogP contribution in [0.15, 0.2) is 67.0 Å². The van der Waals surface area contributed by atoms with Crippen LogP contribution >= 0.6 is 23.5 Å². The summed E-state index contributed by atoms with van der Waals surface area (Å²) in [6.07, 6.45) is 3.69. The lowest BCUT2D eigenvalue weighted by Crippen LogP contribution is -2.12. The fourth-order valence-corrected chi connectivity index (χ4v) is 5.70. The number of thioether (sulfide) groups is 2. The summed E-state index contributed by atoms with van der Waals surface area (Å²) in [6.45, 7) is 0.702. The topological polar surface area (TPSA) is 46.9 Å². The molecule has 0 radical (unpaired) electrons. The molecule has 1 aliphatic heterocycles. The lowest BCUT2D eigenvalue weighted by molar-refractivity contribution is 0.102. The first kappa shape index (κ1) is 17.2. The monoisotopic (exact) mass is 381 g/mol. The summed E-state index contributed by atoms with van der Waals surface area (Å²) < 4.78 is 2.34. The summed E-state index contributed by atoms with van der Waals surface area (Å²) in [7, 11) is 0. The molecule has 4 nitrogen and oxygen atoms in total. The number of benzene rings is 2. The maximum Gasteiger partial charge on any atom is 0.255 e. The van der Waals surface area contributed by atoms with Crippen LogP contribution in [0.3, 0.4) is 0 Å². The minimum atomic E-state index is -0.0838. The molecular weight excluding hydrogens is 362 g/mol. The van der Waals surface area contributed by atoms with Crippen molar-refractivity contribution in [3.63, 3.8) is 0 Å². The van der Waals surface area contributed by atoms with Gasteiger partial charge in [0.2, 0.25) is 0 Å². The van der Waals surface area contributed by atoms with Gasteiger partial charge < -0.3 is 5.32 Å². The summed E-state index contributed by atoms with van der Waals surface area (Å²) in [4.78, 5) is 12.5. The van der Waals surface area contributed by atoms with Gasteiger partial charge in [-0.2, -0.15) is 5.10 Å². The van der Waals surface area contributed by atoms with Crippen LogP contribution in [0.25, 0.3) is 0 Å². The quantitative estimate of drug-likeness (QED) is 0.698. The third-order valence-corrected chi connectivity index (χ3v) is 7.26. The summed E-state index contributed by atoms with van der Waals surface area (Å²) in [6, 6.07) is 17.7. The van der Waals surface area contributed by atoms with Gasteiger partial charge in [-0.05, 0) is 41.5 Å². The molecule has 0 unspecified atom stereocenters. The highest BCUT2D eigenvalue weighted by Gasteiger charge is 2.18. The van der Waals surface area contributed by atoms with Gasteiger partial charge in [0, 0.05) is 35.2 Å². The molecule has 132 valence electrons. The van der Waals surface area contributed by atoms with Crippen LogP contribution in [0.1, 0.15) is 26.1 Å². The smallest absolute Gasteiger partial charge is 0.255 e. The van der Waals surface area contributed by atoms with E-state index in [4.69, 9.17) is 0 Å². The molecule has 1 fully saturated rings. The second kappa shape index (κ2) is 8.01. The van der Waals surface area contributed by atoms with Crippen molar-refractivity contribution in [1.82, 2.24) is 9.78 Å². The Hall–Kier alpha value is -2.18. The Morgan fingerprint density at radius 2 is 1.92 bits per heavy atom. The van der Waals surface area contributed by atoms with Crippen molar-refractivity contribution in [2.24, 2.45) is 0 Å². The van der Waals surface area contributed by atoms with Crippen LogP contribution < -0.4 is 5.32 Å². The van der Waals surface area contributed by atoms with E-state index >= 15 is 0 Å². The average molecular weight is 382 g/mol. The maximum atomic E-state index is 12.5. The third kappa shape index (κ3) is 4.14. The molecule has 1 N–H and O–H groups in total. The number of hydrogen-bond donors (Lipinski definition) is 1. The Balaban J connectivity index is 1.42. The van der Waals surface area contributed by atoms with E-state index < -0.39 is 0 Å². The lowest BCUT2D eigenvalue weighted by atomic mass is 10.1. The van der Waals surface area contributed by atoms with Crippen molar-refractivity contribution in [2.45, 2.75) is 11.1 Å². The highest BCUT2D eigenvalue weighted by Crippen LogP contribution is 2.45. The van der Waals surface area contributed by atoms with Crippen molar-refractivity contribution in [3.8, 4) is 0 Å². The van der Waals surface area contributed by atoms with Crippen molar-refractivity contribution >= 4 is 35.1 Å². The molecular formula is C20H19N3OS2. The number of hydrogen-bond acceptors (Lipinski definition) is 4. The Labute approximate surface area is 161 Å². The summed E-state index contributed by atoms with van der Waals surface area (Å²) in [5.74, 6) is 2.30. The first-order valence-electron chi connectivity index (χ1n) is 8.49. The summed E-state index contributed by atoms with van der Waals surface area (Å²) in [5.41, 5.74) is 3.89. The molecule has 0 spiro atoms. The number of anilines is 1. The zero-order valence-electron chi connectivity index (χ0n) is 14.2. The minimum absolute atomic E-state index is 0.0838. The van der Waals surface area contributed by atoms with Gasteiger partial charge in [-0.15, -0.1) is 23.5 Å². The molecule has 0 saturated carbocycles. The van der Waals surface area contributed by atoms with Gasteiger partial charge in [0.25, 0.3) is 5.91 Å². The van der Waals surface area contributed by atoms with Gasteiger partial charge in [-0.25, -0.2) is 0 Å². The van der Waals surface area contributed by atoms with Gasteiger partial charge in [0.15, 0.2) is 0 Å². The Kier molecular flexibility index (Phi) is 5.32. The maximum absolute atomic E-state index is 12.5. The van der Waals surface area contributed by atoms with Crippen LogP contribution in [0, 0.1) is 0 Å². The van der Waals surface area contributed by atoms with E-state index in [1.54, 1.807) is 6.20 Å². The largest absolute Gasteiger partial charge is 0.322 e. The van der Waals surface area contributed by atoms with E-state index in [-0.39, 0.29) is 5.91 Å². The number of amides is 1. The number of nitrogens with zero attached hydrogens (tertiary/aromatic N) is 2. The Bertz CT molecular complexity index is 872. The summed E-state index contributed by atoms with van der Waals surface area (Å²) in [5, 5.41) is 7.21. The number of rotatable bonds is 5. The summed E-state index contributed by atoms with van der Waals surface area (Å²) >= 11 is 3.93. The molecule has 3 aromatic rings. The Morgan fingerprint density at radius 1 is 1.12 bits per heavy atom. The van der Waals surface area contributed by atoms with Gasteiger partial charge in [0.05, 0.1) is 11.1 Å². The first-order chi connectivity index (χ1) is 12.8. The van der Waals surface area contributed by atoms with Crippen LogP contribution in [0.4, 0.5) is 5.69 Å². The van der Waals surface area contributed by atoms with Crippen molar-refractivity contribution in [3.05, 3.63) is 83.7 Å². The molecule has 1 saturated heterocycles. The highest BCUT2D eigenvalue weighted by atomic mass is 32.2. The number of nitrogens with one attached hydrogen (secondary N) is 1. The van der Waals surface area contributed by atoms with E-state index in [1.165, 1.54) is 17.1 Å². The molecule has 1 aliphatic rings. The predicted molar refractivity (Wildman–Crippen MR) is 110 cm³/mol. The first-order valence-corrected chi connectivity index (χ1v) is 10.6. The van der Waals surface area contributed by atoms with Crippen LogP contribution in [-0.2, 0) is 6.54 Å². The SMILES string of the molecule is O=C(Nc1cccc(C2SCCS2)c1)c1ccc(Cn2cccn2)cc1. The van der Waals surface area contributed by atoms with Crippen LogP contribution in [-0.4, -0.2) is 27.2 Å². The predicted octanol–water partition coefficient (Wildman–Crippen LogP) is 4.66. The van der Waals surface area contributed by atoms with E-state index in [0.29, 0.717) is 16.7 Å². The number of carbonyl (C=O) groups is 1. The number of aromatic nitrogens is 2. The van der Waals surface area contributed by atoms with Gasteiger partial charge >= 0.3 is 0 Å². The zero-order chi connectivity index (χ0) is 17.8. The standard InChI is InChI=1S/C20H19N3OS2/c24-19(16-7-5-15(6-8-16)14-23-10-2-9-21-23)22-18-4-1-3-17(13-18)20-25-11-12-26-20/h1-10,13,20H,11-12,14H2,(H,22,24). The van der Waals surface area contributed by atoms with E-state index in [2.05, 4.69) is 22.5 Å². The second-order valence-electron chi connectivity index (χ2n) is 6.05. The van der Waals surface area contributed by atoms with E-state index in [9.17, 15) is 4.79 Å². The third-order valence-electron chi connectivity index (χ3n) is 4.16.